The van der Waals surface area contributed by atoms with Crippen molar-refractivity contribution < 1.29 is 37.9 Å². The first-order valence-corrected chi connectivity index (χ1v) is 20.3. The van der Waals surface area contributed by atoms with Crippen molar-refractivity contribution in [3.63, 3.8) is 0 Å². The molecule has 0 radical (unpaired) electrons. The molecule has 0 aromatic rings. The number of phosphoric acid groups is 1. The van der Waals surface area contributed by atoms with E-state index in [0.29, 0.717) is 12.8 Å². The molecule has 0 bridgehead atoms. The third-order valence-corrected chi connectivity index (χ3v) is 7.98. The van der Waals surface area contributed by atoms with Crippen LogP contribution in [0, 0.1) is 0 Å². The maximum absolute atomic E-state index is 12.3. The quantitative estimate of drug-likeness (QED) is 0.0299. The minimum absolute atomic E-state index is 0.0249. The van der Waals surface area contributed by atoms with E-state index in [1.807, 2.05) is 18.2 Å². The van der Waals surface area contributed by atoms with Gasteiger partial charge in [0.2, 0.25) is 0 Å². The minimum atomic E-state index is -4.78. The molecule has 0 aromatic heterocycles. The normalized spacial score (nSPS) is 13.3. The fraction of sp³-hybridized carbons (Fsp3) is 0.650. The number of phosphoric ester groups is 1. The Morgan fingerprint density at radius 3 is 1.55 bits per heavy atom. The number of carbonyl (C=O) groups excluding carboxylic acids is 2. The van der Waals surface area contributed by atoms with Crippen molar-refractivity contribution in [3.8, 4) is 0 Å². The third-order valence-electron chi connectivity index (χ3n) is 7.49. The summed E-state index contributed by atoms with van der Waals surface area (Å²) < 4.78 is 26.2. The van der Waals surface area contributed by atoms with Crippen LogP contribution in [0.2, 0.25) is 0 Å². The van der Waals surface area contributed by atoms with Crippen LogP contribution < -0.4 is 0 Å². The standard InChI is InChI=1S/C40H67O8P/c1-3-5-7-9-11-13-15-17-19-21-22-24-26-28-30-32-34-39(41)46-36-38(37-47-49(43,44)45)48-40(42)35-33-31-29-27-25-23-20-18-16-14-12-10-8-6-4-2/h6,8,12,14,18-21,25,27,31,33,38H,3-5,7,9-11,13,15-17,22-24,26,28-30,32,34-37H2,1-2H3,(H2,43,44,45)/b8-6-,14-12-,20-18-,21-19-,27-25-,33-31-. The highest BCUT2D eigenvalue weighted by Gasteiger charge is 2.22. The molecule has 0 saturated carbocycles. The van der Waals surface area contributed by atoms with E-state index >= 15 is 0 Å². The van der Waals surface area contributed by atoms with E-state index in [9.17, 15) is 14.2 Å². The van der Waals surface area contributed by atoms with E-state index in [1.54, 1.807) is 6.08 Å². The minimum Gasteiger partial charge on any atom is -0.462 e. The van der Waals surface area contributed by atoms with Crippen molar-refractivity contribution in [3.05, 3.63) is 72.9 Å². The summed E-state index contributed by atoms with van der Waals surface area (Å²) in [6, 6.07) is 0. The first kappa shape index (κ1) is 46.5. The Bertz CT molecular complexity index is 1020. The maximum Gasteiger partial charge on any atom is 0.469 e. The number of carbonyl (C=O) groups is 2. The fourth-order valence-electron chi connectivity index (χ4n) is 4.74. The van der Waals surface area contributed by atoms with E-state index in [2.05, 4.69) is 67.0 Å². The molecular formula is C40H67O8P. The molecule has 0 aliphatic rings. The molecule has 0 aromatic carbocycles. The lowest BCUT2D eigenvalue weighted by atomic mass is 10.1. The van der Waals surface area contributed by atoms with Crippen LogP contribution in [0.25, 0.3) is 0 Å². The lowest BCUT2D eigenvalue weighted by Crippen LogP contribution is -2.29. The lowest BCUT2D eigenvalue weighted by Gasteiger charge is -2.18. The molecule has 0 rings (SSSR count). The zero-order chi connectivity index (χ0) is 36.1. The SMILES string of the molecule is CC/C=C\C/C=C\C/C=C\C/C=C\C/C=C\CC(=O)OC(COC(=O)CCCCCCC/C=C\CCCCCCCCC)COP(=O)(O)O. The van der Waals surface area contributed by atoms with Gasteiger partial charge >= 0.3 is 19.8 Å². The Morgan fingerprint density at radius 1 is 0.571 bits per heavy atom. The van der Waals surface area contributed by atoms with Gasteiger partial charge in [-0.2, -0.15) is 0 Å². The Hall–Kier alpha value is -2.51. The van der Waals surface area contributed by atoms with Crippen LogP contribution in [-0.2, 0) is 28.2 Å². The molecule has 0 spiro atoms. The molecule has 9 heteroatoms. The van der Waals surface area contributed by atoms with E-state index in [-0.39, 0.29) is 19.4 Å². The summed E-state index contributed by atoms with van der Waals surface area (Å²) in [6.07, 6.45) is 45.1. The monoisotopic (exact) mass is 706 g/mol. The Kier molecular flexibility index (Phi) is 33.5. The van der Waals surface area contributed by atoms with Crippen LogP contribution in [0.5, 0.6) is 0 Å². The second-order valence-corrected chi connectivity index (χ2v) is 13.4. The van der Waals surface area contributed by atoms with Crippen molar-refractivity contribution in [1.29, 1.82) is 0 Å². The summed E-state index contributed by atoms with van der Waals surface area (Å²) >= 11 is 0. The predicted molar refractivity (Wildman–Crippen MR) is 202 cm³/mol. The molecular weight excluding hydrogens is 639 g/mol. The molecule has 280 valence electrons. The summed E-state index contributed by atoms with van der Waals surface area (Å²) in [7, 11) is -4.78. The van der Waals surface area contributed by atoms with Gasteiger partial charge in [0.05, 0.1) is 13.0 Å². The number of rotatable bonds is 33. The Morgan fingerprint density at radius 2 is 1.04 bits per heavy atom. The lowest BCUT2D eigenvalue weighted by molar-refractivity contribution is -0.160. The first-order valence-electron chi connectivity index (χ1n) is 18.7. The molecule has 8 nitrogen and oxygen atoms in total. The van der Waals surface area contributed by atoms with Crippen molar-refractivity contribution in [2.24, 2.45) is 0 Å². The van der Waals surface area contributed by atoms with Gasteiger partial charge in [0.25, 0.3) is 0 Å². The van der Waals surface area contributed by atoms with Gasteiger partial charge in [-0.25, -0.2) is 4.57 Å². The number of unbranched alkanes of at least 4 members (excludes halogenated alkanes) is 12. The van der Waals surface area contributed by atoms with Gasteiger partial charge in [0.1, 0.15) is 6.61 Å². The second kappa shape index (κ2) is 35.3. The fourth-order valence-corrected chi connectivity index (χ4v) is 5.10. The van der Waals surface area contributed by atoms with E-state index in [1.165, 1.54) is 51.4 Å². The van der Waals surface area contributed by atoms with Gasteiger partial charge in [0, 0.05) is 6.42 Å². The Balaban J connectivity index is 4.13. The topological polar surface area (TPSA) is 119 Å². The summed E-state index contributed by atoms with van der Waals surface area (Å²) in [5.74, 6) is -1.05. The molecule has 0 heterocycles. The van der Waals surface area contributed by atoms with E-state index in [0.717, 1.165) is 57.8 Å². The average molecular weight is 707 g/mol. The zero-order valence-electron chi connectivity index (χ0n) is 30.6. The van der Waals surface area contributed by atoms with Crippen LogP contribution in [0.4, 0.5) is 0 Å². The van der Waals surface area contributed by atoms with Crippen LogP contribution in [-0.4, -0.2) is 41.0 Å². The summed E-state index contributed by atoms with van der Waals surface area (Å²) in [5.41, 5.74) is 0. The number of ether oxygens (including phenoxy) is 2. The first-order chi connectivity index (χ1) is 23.8. The van der Waals surface area contributed by atoms with Gasteiger partial charge in [0.15, 0.2) is 6.10 Å². The van der Waals surface area contributed by atoms with Gasteiger partial charge < -0.3 is 19.3 Å². The van der Waals surface area contributed by atoms with Gasteiger partial charge in [-0.3, -0.25) is 14.1 Å². The highest BCUT2D eigenvalue weighted by Crippen LogP contribution is 2.35. The van der Waals surface area contributed by atoms with E-state index in [4.69, 9.17) is 19.3 Å². The largest absolute Gasteiger partial charge is 0.469 e. The number of hydrogen-bond donors (Lipinski definition) is 2. The third kappa shape index (κ3) is 38.1. The van der Waals surface area contributed by atoms with Crippen LogP contribution in [0.1, 0.15) is 149 Å². The molecule has 2 N–H and O–H groups in total. The maximum atomic E-state index is 12.3. The second-order valence-electron chi connectivity index (χ2n) is 12.2. The van der Waals surface area contributed by atoms with Crippen molar-refractivity contribution >= 4 is 19.8 Å². The van der Waals surface area contributed by atoms with Crippen molar-refractivity contribution in [2.75, 3.05) is 13.2 Å². The van der Waals surface area contributed by atoms with Gasteiger partial charge in [-0.05, 0) is 64.2 Å². The zero-order valence-corrected chi connectivity index (χ0v) is 31.5. The smallest absolute Gasteiger partial charge is 0.462 e. The molecule has 0 saturated heterocycles. The van der Waals surface area contributed by atoms with Gasteiger partial charge in [-0.15, -0.1) is 0 Å². The molecule has 0 aliphatic heterocycles. The van der Waals surface area contributed by atoms with Crippen molar-refractivity contribution in [1.82, 2.24) is 0 Å². The molecule has 49 heavy (non-hydrogen) atoms. The van der Waals surface area contributed by atoms with Crippen LogP contribution in [0.3, 0.4) is 0 Å². The summed E-state index contributed by atoms with van der Waals surface area (Å²) in [5, 5.41) is 0. The van der Waals surface area contributed by atoms with Gasteiger partial charge in [-0.1, -0.05) is 145 Å². The number of allylic oxidation sites excluding steroid dienone is 11. The average Bonchev–Trinajstić information content (AvgIpc) is 3.07. The van der Waals surface area contributed by atoms with E-state index < -0.39 is 32.5 Å². The van der Waals surface area contributed by atoms with Crippen LogP contribution >= 0.6 is 7.82 Å². The molecule has 0 aliphatic carbocycles. The van der Waals surface area contributed by atoms with Crippen LogP contribution in [0.15, 0.2) is 72.9 Å². The molecule has 1 unspecified atom stereocenters. The number of esters is 2. The number of hydrogen-bond acceptors (Lipinski definition) is 6. The highest BCUT2D eigenvalue weighted by molar-refractivity contribution is 7.46. The summed E-state index contributed by atoms with van der Waals surface area (Å²) in [4.78, 5) is 42.6. The molecule has 1 atom stereocenters. The van der Waals surface area contributed by atoms with Crippen molar-refractivity contribution in [2.45, 2.75) is 155 Å². The highest BCUT2D eigenvalue weighted by atomic mass is 31.2. The molecule has 0 amide bonds. The summed E-state index contributed by atoms with van der Waals surface area (Å²) in [6.45, 7) is 3.46. The Labute approximate surface area is 298 Å². The predicted octanol–water partition coefficient (Wildman–Crippen LogP) is 11.1. The molecule has 0 fully saturated rings.